The van der Waals surface area contributed by atoms with Gasteiger partial charge >= 0.3 is 6.09 Å². The first-order valence-electron chi connectivity index (χ1n) is 5.55. The minimum absolute atomic E-state index is 0.104. The maximum Gasteiger partial charge on any atom is 0.415 e. The van der Waals surface area contributed by atoms with Crippen molar-refractivity contribution in [3.05, 3.63) is 30.3 Å². The molecule has 2 N–H and O–H groups in total. The molecule has 5 nitrogen and oxygen atoms in total. The Morgan fingerprint density at radius 1 is 1.24 bits per heavy atom. The van der Waals surface area contributed by atoms with Crippen LogP contribution >= 0.6 is 0 Å². The molecule has 1 fully saturated rings. The van der Waals surface area contributed by atoms with Gasteiger partial charge in [-0.3, -0.25) is 0 Å². The van der Waals surface area contributed by atoms with Crippen LogP contribution in [0, 0.1) is 0 Å². The lowest BCUT2D eigenvalue weighted by atomic mass is 10.1. The number of para-hydroxylation sites is 1. The first kappa shape index (κ1) is 11.9. The number of hydrogen-bond donors (Lipinski definition) is 2. The monoisotopic (exact) mass is 237 g/mol. The molecule has 2 atom stereocenters. The van der Waals surface area contributed by atoms with E-state index in [-0.39, 0.29) is 6.54 Å². The molecule has 0 spiro atoms. The van der Waals surface area contributed by atoms with Crippen LogP contribution in [0.15, 0.2) is 30.3 Å². The number of likely N-dealkylation sites (tertiary alicyclic amines) is 1. The third-order valence-corrected chi connectivity index (χ3v) is 2.75. The van der Waals surface area contributed by atoms with Gasteiger partial charge in [0.2, 0.25) is 0 Å². The van der Waals surface area contributed by atoms with E-state index < -0.39 is 18.3 Å². The van der Waals surface area contributed by atoms with Crippen molar-refractivity contribution in [2.75, 3.05) is 13.1 Å². The summed E-state index contributed by atoms with van der Waals surface area (Å²) in [7, 11) is 0. The van der Waals surface area contributed by atoms with E-state index in [1.54, 1.807) is 24.3 Å². The third kappa shape index (κ3) is 2.95. The topological polar surface area (TPSA) is 70.0 Å². The quantitative estimate of drug-likeness (QED) is 0.751. The zero-order valence-corrected chi connectivity index (χ0v) is 9.32. The highest BCUT2D eigenvalue weighted by molar-refractivity contribution is 5.70. The number of benzene rings is 1. The third-order valence-electron chi connectivity index (χ3n) is 2.75. The van der Waals surface area contributed by atoms with E-state index in [4.69, 9.17) is 4.74 Å². The van der Waals surface area contributed by atoms with E-state index in [0.29, 0.717) is 18.7 Å². The Kier molecular flexibility index (Phi) is 3.61. The highest BCUT2D eigenvalue weighted by Crippen LogP contribution is 2.14. The Bertz CT molecular complexity index is 381. The van der Waals surface area contributed by atoms with Crippen LogP contribution in [-0.2, 0) is 0 Å². The molecular weight excluding hydrogens is 222 g/mol. The van der Waals surface area contributed by atoms with Gasteiger partial charge in [-0.1, -0.05) is 18.2 Å². The van der Waals surface area contributed by atoms with Crippen molar-refractivity contribution < 1.29 is 19.7 Å². The van der Waals surface area contributed by atoms with Gasteiger partial charge in [0.1, 0.15) is 5.75 Å². The second kappa shape index (κ2) is 5.16. The molecular formula is C12H15NO4. The number of nitrogens with zero attached hydrogens (tertiary/aromatic N) is 1. The molecule has 0 unspecified atom stereocenters. The molecule has 0 aliphatic carbocycles. The van der Waals surface area contributed by atoms with E-state index in [0.717, 1.165) is 0 Å². The first-order valence-corrected chi connectivity index (χ1v) is 5.55. The van der Waals surface area contributed by atoms with Crippen LogP contribution in [0.1, 0.15) is 6.42 Å². The second-order valence-electron chi connectivity index (χ2n) is 4.05. The van der Waals surface area contributed by atoms with Crippen LogP contribution in [-0.4, -0.2) is 46.5 Å². The van der Waals surface area contributed by atoms with Gasteiger partial charge in [0, 0.05) is 6.54 Å². The van der Waals surface area contributed by atoms with E-state index in [2.05, 4.69) is 0 Å². The van der Waals surface area contributed by atoms with E-state index in [9.17, 15) is 15.0 Å². The number of hydrogen-bond acceptors (Lipinski definition) is 4. The van der Waals surface area contributed by atoms with Gasteiger partial charge in [-0.15, -0.1) is 0 Å². The molecule has 1 heterocycles. The summed E-state index contributed by atoms with van der Waals surface area (Å²) >= 11 is 0. The molecule has 5 heteroatoms. The molecule has 1 aromatic carbocycles. The number of ether oxygens (including phenoxy) is 1. The molecule has 1 aliphatic rings. The van der Waals surface area contributed by atoms with Gasteiger partial charge in [0.05, 0.1) is 18.8 Å². The fourth-order valence-electron chi connectivity index (χ4n) is 1.74. The number of carbonyl (C=O) groups is 1. The standard InChI is InChI=1S/C12H15NO4/c14-10-6-7-13(8-11(10)15)12(16)17-9-4-2-1-3-5-9/h1-5,10-11,14-15H,6-8H2/t10-,11-/m0/s1. The number of rotatable bonds is 1. The molecule has 0 bridgehead atoms. The van der Waals surface area contributed by atoms with Crippen molar-refractivity contribution in [1.82, 2.24) is 4.90 Å². The fourth-order valence-corrected chi connectivity index (χ4v) is 1.74. The zero-order valence-electron chi connectivity index (χ0n) is 9.32. The predicted molar refractivity (Wildman–Crippen MR) is 60.7 cm³/mol. The maximum absolute atomic E-state index is 11.7. The number of carbonyl (C=O) groups excluding carboxylic acids is 1. The summed E-state index contributed by atoms with van der Waals surface area (Å²) in [6.07, 6.45) is -1.78. The molecule has 1 aromatic rings. The molecule has 92 valence electrons. The van der Waals surface area contributed by atoms with E-state index in [1.165, 1.54) is 4.90 Å². The van der Waals surface area contributed by atoms with Gasteiger partial charge in [-0.05, 0) is 18.6 Å². The van der Waals surface area contributed by atoms with Crippen LogP contribution in [0.25, 0.3) is 0 Å². The van der Waals surface area contributed by atoms with E-state index >= 15 is 0 Å². The minimum Gasteiger partial charge on any atom is -0.410 e. The molecule has 1 aliphatic heterocycles. The normalized spacial score (nSPS) is 24.5. The summed E-state index contributed by atoms with van der Waals surface area (Å²) in [5, 5.41) is 18.8. The summed E-state index contributed by atoms with van der Waals surface area (Å²) < 4.78 is 5.13. The summed E-state index contributed by atoms with van der Waals surface area (Å²) in [4.78, 5) is 13.1. The highest BCUT2D eigenvalue weighted by atomic mass is 16.6. The Hall–Kier alpha value is -1.59. The number of aliphatic hydroxyl groups is 2. The van der Waals surface area contributed by atoms with E-state index in [1.807, 2.05) is 6.07 Å². The second-order valence-corrected chi connectivity index (χ2v) is 4.05. The number of aliphatic hydroxyl groups excluding tert-OH is 2. The molecule has 0 saturated carbocycles. The lowest BCUT2D eigenvalue weighted by Crippen LogP contribution is -2.49. The van der Waals surface area contributed by atoms with Crippen molar-refractivity contribution in [1.29, 1.82) is 0 Å². The van der Waals surface area contributed by atoms with Crippen LogP contribution in [0.4, 0.5) is 4.79 Å². The lowest BCUT2D eigenvalue weighted by Gasteiger charge is -2.32. The number of β-amino-alcohol motifs (C(OH)–C–C–N with tert-alkyl or cyclic N) is 1. The summed E-state index contributed by atoms with van der Waals surface area (Å²) in [5.41, 5.74) is 0. The Morgan fingerprint density at radius 3 is 2.59 bits per heavy atom. The van der Waals surface area contributed by atoms with Gasteiger partial charge < -0.3 is 19.8 Å². The van der Waals surface area contributed by atoms with Gasteiger partial charge in [0.15, 0.2) is 0 Å². The summed E-state index contributed by atoms with van der Waals surface area (Å²) in [5.74, 6) is 0.470. The average Bonchev–Trinajstić information content (AvgIpc) is 2.34. The minimum atomic E-state index is -0.896. The van der Waals surface area contributed by atoms with Crippen LogP contribution in [0.5, 0.6) is 5.75 Å². The largest absolute Gasteiger partial charge is 0.415 e. The Balaban J connectivity index is 1.93. The van der Waals surface area contributed by atoms with Crippen molar-refractivity contribution in [2.24, 2.45) is 0 Å². The van der Waals surface area contributed by atoms with Crippen molar-refractivity contribution in [3.63, 3.8) is 0 Å². The first-order chi connectivity index (χ1) is 8.16. The zero-order chi connectivity index (χ0) is 12.3. The lowest BCUT2D eigenvalue weighted by molar-refractivity contribution is -0.0319. The highest BCUT2D eigenvalue weighted by Gasteiger charge is 2.29. The van der Waals surface area contributed by atoms with Crippen LogP contribution < -0.4 is 4.74 Å². The van der Waals surface area contributed by atoms with Gasteiger partial charge in [-0.25, -0.2) is 4.79 Å². The van der Waals surface area contributed by atoms with Crippen molar-refractivity contribution in [3.8, 4) is 5.75 Å². The number of amides is 1. The molecule has 1 amide bonds. The fraction of sp³-hybridized carbons (Fsp3) is 0.417. The number of piperidine rings is 1. The summed E-state index contributed by atoms with van der Waals surface area (Å²) in [6, 6.07) is 8.76. The molecule has 2 rings (SSSR count). The van der Waals surface area contributed by atoms with Gasteiger partial charge in [0.25, 0.3) is 0 Å². The molecule has 0 aromatic heterocycles. The van der Waals surface area contributed by atoms with Crippen LogP contribution in [0.3, 0.4) is 0 Å². The smallest absolute Gasteiger partial charge is 0.410 e. The molecule has 0 radical (unpaired) electrons. The molecule has 17 heavy (non-hydrogen) atoms. The van der Waals surface area contributed by atoms with Crippen molar-refractivity contribution in [2.45, 2.75) is 18.6 Å². The Morgan fingerprint density at radius 2 is 1.94 bits per heavy atom. The Labute approximate surface area is 99.2 Å². The molecule has 1 saturated heterocycles. The summed E-state index contributed by atoms with van der Waals surface area (Å²) in [6.45, 7) is 0.497. The van der Waals surface area contributed by atoms with Crippen molar-refractivity contribution >= 4 is 6.09 Å². The maximum atomic E-state index is 11.7. The SMILES string of the molecule is O=C(Oc1ccccc1)N1CC[C@H](O)[C@@H](O)C1. The average molecular weight is 237 g/mol. The van der Waals surface area contributed by atoms with Crippen LogP contribution in [0.2, 0.25) is 0 Å². The van der Waals surface area contributed by atoms with Gasteiger partial charge in [-0.2, -0.15) is 0 Å². The predicted octanol–water partition coefficient (Wildman–Crippen LogP) is 0.613.